The van der Waals surface area contributed by atoms with Crippen molar-refractivity contribution >= 4 is 15.9 Å². The molecule has 1 saturated heterocycles. The normalized spacial score (nSPS) is 29.4. The predicted octanol–water partition coefficient (Wildman–Crippen LogP) is 2.07. The lowest BCUT2D eigenvalue weighted by Gasteiger charge is -2.32. The van der Waals surface area contributed by atoms with Gasteiger partial charge in [0.1, 0.15) is 0 Å². The van der Waals surface area contributed by atoms with Gasteiger partial charge < -0.3 is 0 Å². The number of halogens is 1. The summed E-state index contributed by atoms with van der Waals surface area (Å²) < 4.78 is 0. The van der Waals surface area contributed by atoms with Crippen LogP contribution < -0.4 is 0 Å². The molecule has 0 aliphatic carbocycles. The van der Waals surface area contributed by atoms with Crippen LogP contribution in [-0.4, -0.2) is 28.9 Å². The summed E-state index contributed by atoms with van der Waals surface area (Å²) in [6.07, 6.45) is 3.58. The van der Waals surface area contributed by atoms with E-state index in [-0.39, 0.29) is 0 Å². The number of piperidine rings is 1. The minimum absolute atomic E-state index is 0.614. The van der Waals surface area contributed by atoms with Crippen LogP contribution in [0.5, 0.6) is 0 Å². The third kappa shape index (κ3) is 2.24. The van der Waals surface area contributed by atoms with Gasteiger partial charge in [-0.25, -0.2) is 0 Å². The zero-order valence-electron chi connectivity index (χ0n) is 6.68. The summed E-state index contributed by atoms with van der Waals surface area (Å²) in [5.74, 6) is 0. The van der Waals surface area contributed by atoms with Crippen molar-refractivity contribution in [2.75, 3.05) is 13.1 Å². The molecule has 0 spiro atoms. The first kappa shape index (κ1) is 8.54. The predicted molar refractivity (Wildman–Crippen MR) is 48.3 cm³/mol. The number of hydrogen-bond acceptors (Lipinski definition) is 1. The Morgan fingerprint density at radius 3 is 2.70 bits per heavy atom. The van der Waals surface area contributed by atoms with E-state index in [4.69, 9.17) is 0 Å². The van der Waals surface area contributed by atoms with Gasteiger partial charge in [0.05, 0.1) is 0 Å². The molecule has 1 aliphatic heterocycles. The van der Waals surface area contributed by atoms with Crippen LogP contribution in [0.25, 0.3) is 0 Å². The fourth-order valence-electron chi connectivity index (χ4n) is 1.28. The molecular formula is C8H15BrN. The zero-order chi connectivity index (χ0) is 7.56. The third-order valence-corrected chi connectivity index (χ3v) is 2.64. The SMILES string of the molecule is CC(C)N1CC[CH]C(Br)C1. The van der Waals surface area contributed by atoms with E-state index < -0.39 is 0 Å². The Labute approximate surface area is 71.9 Å². The second kappa shape index (κ2) is 3.72. The summed E-state index contributed by atoms with van der Waals surface area (Å²) in [4.78, 5) is 3.11. The molecule has 0 aromatic rings. The second-order valence-corrected chi connectivity index (χ2v) is 4.31. The second-order valence-electron chi connectivity index (χ2n) is 3.13. The molecule has 1 unspecified atom stereocenters. The van der Waals surface area contributed by atoms with E-state index in [1.54, 1.807) is 0 Å². The molecule has 59 valence electrons. The van der Waals surface area contributed by atoms with Gasteiger partial charge in [0.25, 0.3) is 0 Å². The van der Waals surface area contributed by atoms with Crippen LogP contribution in [0.1, 0.15) is 20.3 Å². The van der Waals surface area contributed by atoms with Crippen LogP contribution in [0.3, 0.4) is 0 Å². The summed E-state index contributed by atoms with van der Waals surface area (Å²) in [5.41, 5.74) is 0. The van der Waals surface area contributed by atoms with Crippen LogP contribution >= 0.6 is 15.9 Å². The van der Waals surface area contributed by atoms with Gasteiger partial charge in [0, 0.05) is 17.4 Å². The average Bonchev–Trinajstić information content (AvgIpc) is 1.88. The molecular weight excluding hydrogens is 190 g/mol. The molecule has 1 nitrogen and oxygen atoms in total. The molecule has 10 heavy (non-hydrogen) atoms. The van der Waals surface area contributed by atoms with Gasteiger partial charge in [-0.15, -0.1) is 0 Å². The van der Waals surface area contributed by atoms with Crippen LogP contribution in [0, 0.1) is 6.42 Å². The van der Waals surface area contributed by atoms with Crippen molar-refractivity contribution in [2.24, 2.45) is 0 Å². The van der Waals surface area contributed by atoms with Gasteiger partial charge in [0.15, 0.2) is 0 Å². The van der Waals surface area contributed by atoms with Crippen molar-refractivity contribution in [3.63, 3.8) is 0 Å². The number of rotatable bonds is 1. The van der Waals surface area contributed by atoms with E-state index in [0.717, 1.165) is 0 Å². The molecule has 1 rings (SSSR count). The summed E-state index contributed by atoms with van der Waals surface area (Å²) in [6.45, 7) is 6.92. The van der Waals surface area contributed by atoms with Gasteiger partial charge in [-0.05, 0) is 33.2 Å². The van der Waals surface area contributed by atoms with Gasteiger partial charge in [-0.2, -0.15) is 0 Å². The number of likely N-dealkylation sites (tertiary alicyclic amines) is 1. The first-order chi connectivity index (χ1) is 4.70. The molecule has 1 atom stereocenters. The molecule has 0 aromatic heterocycles. The maximum absolute atomic E-state index is 3.60. The van der Waals surface area contributed by atoms with Crippen LogP contribution in [0.2, 0.25) is 0 Å². The molecule has 0 N–H and O–H groups in total. The number of alkyl halides is 1. The maximum atomic E-state index is 3.60. The molecule has 1 aliphatic rings. The van der Waals surface area contributed by atoms with Crippen LogP contribution in [0.4, 0.5) is 0 Å². The molecule has 0 bridgehead atoms. The Morgan fingerprint density at radius 2 is 2.30 bits per heavy atom. The van der Waals surface area contributed by atoms with Crippen molar-refractivity contribution in [3.05, 3.63) is 6.42 Å². The summed E-state index contributed by atoms with van der Waals surface area (Å²) in [6, 6.07) is 0.703. The van der Waals surface area contributed by atoms with Crippen LogP contribution in [-0.2, 0) is 0 Å². The highest BCUT2D eigenvalue weighted by Gasteiger charge is 2.18. The Morgan fingerprint density at radius 1 is 1.60 bits per heavy atom. The standard InChI is InChI=1S/C8H15BrN/c1-7(2)10-5-3-4-8(9)6-10/h4,7-8H,3,5-6H2,1-2H3. The van der Waals surface area contributed by atoms with Gasteiger partial charge >= 0.3 is 0 Å². The van der Waals surface area contributed by atoms with E-state index in [1.165, 1.54) is 19.5 Å². The van der Waals surface area contributed by atoms with Gasteiger partial charge in [-0.1, -0.05) is 15.9 Å². The summed E-state index contributed by atoms with van der Waals surface area (Å²) in [7, 11) is 0. The number of hydrogen-bond donors (Lipinski definition) is 0. The molecule has 0 amide bonds. The lowest BCUT2D eigenvalue weighted by Crippen LogP contribution is -2.40. The van der Waals surface area contributed by atoms with E-state index in [2.05, 4.69) is 41.1 Å². The smallest absolute Gasteiger partial charge is 0.0305 e. The molecule has 1 radical (unpaired) electrons. The van der Waals surface area contributed by atoms with E-state index >= 15 is 0 Å². The van der Waals surface area contributed by atoms with Gasteiger partial charge in [0.2, 0.25) is 0 Å². The summed E-state index contributed by atoms with van der Waals surface area (Å²) in [5, 5.41) is 0. The highest BCUT2D eigenvalue weighted by atomic mass is 79.9. The molecule has 0 saturated carbocycles. The molecule has 1 fully saturated rings. The van der Waals surface area contributed by atoms with E-state index in [1.807, 2.05) is 0 Å². The third-order valence-electron chi connectivity index (χ3n) is 1.98. The Balaban J connectivity index is 2.32. The lowest BCUT2D eigenvalue weighted by atomic mass is 10.1. The molecule has 1 heterocycles. The van der Waals surface area contributed by atoms with Crippen molar-refractivity contribution in [2.45, 2.75) is 31.1 Å². The highest BCUT2D eigenvalue weighted by molar-refractivity contribution is 9.09. The fourth-order valence-corrected chi connectivity index (χ4v) is 1.92. The average molecular weight is 205 g/mol. The zero-order valence-corrected chi connectivity index (χ0v) is 8.26. The van der Waals surface area contributed by atoms with Crippen molar-refractivity contribution in [1.82, 2.24) is 4.90 Å². The van der Waals surface area contributed by atoms with E-state index in [0.29, 0.717) is 10.9 Å². The quantitative estimate of drug-likeness (QED) is 0.592. The highest BCUT2D eigenvalue weighted by Crippen LogP contribution is 2.17. The monoisotopic (exact) mass is 204 g/mol. The Kier molecular flexibility index (Phi) is 3.18. The summed E-state index contributed by atoms with van der Waals surface area (Å²) >= 11 is 3.60. The maximum Gasteiger partial charge on any atom is 0.0305 e. The Hall–Kier alpha value is 0.440. The minimum Gasteiger partial charge on any atom is -0.300 e. The van der Waals surface area contributed by atoms with Gasteiger partial charge in [-0.3, -0.25) is 4.90 Å². The topological polar surface area (TPSA) is 3.24 Å². The first-order valence-electron chi connectivity index (χ1n) is 3.91. The fraction of sp³-hybridized carbons (Fsp3) is 0.875. The van der Waals surface area contributed by atoms with E-state index in [9.17, 15) is 0 Å². The van der Waals surface area contributed by atoms with Crippen LogP contribution in [0.15, 0.2) is 0 Å². The largest absolute Gasteiger partial charge is 0.300 e. The molecule has 2 heteroatoms. The van der Waals surface area contributed by atoms with Crippen molar-refractivity contribution < 1.29 is 0 Å². The number of nitrogens with zero attached hydrogens (tertiary/aromatic N) is 1. The van der Waals surface area contributed by atoms with Crippen molar-refractivity contribution in [3.8, 4) is 0 Å². The minimum atomic E-state index is 0.614. The Bertz CT molecular complexity index is 103. The van der Waals surface area contributed by atoms with Crippen molar-refractivity contribution in [1.29, 1.82) is 0 Å². The molecule has 0 aromatic carbocycles. The lowest BCUT2D eigenvalue weighted by molar-refractivity contribution is 0.210. The first-order valence-corrected chi connectivity index (χ1v) is 4.83.